The second-order valence-electron chi connectivity index (χ2n) is 5.42. The van der Waals surface area contributed by atoms with Gasteiger partial charge in [-0.15, -0.1) is 11.3 Å². The number of fused-ring (bicyclic) bond motifs is 1. The van der Waals surface area contributed by atoms with Crippen LogP contribution in [-0.2, 0) is 16.0 Å². The number of hydrogen-bond donors (Lipinski definition) is 2. The number of nitrogens with one attached hydrogen (secondary N) is 1. The highest BCUT2D eigenvalue weighted by molar-refractivity contribution is 7.17. The molecule has 2 N–H and O–H groups in total. The molecule has 118 valence electrons. The van der Waals surface area contributed by atoms with Crippen molar-refractivity contribution in [2.45, 2.75) is 44.9 Å². The molecular formula is C17H21NO3S. The third-order valence-corrected chi connectivity index (χ3v) is 4.70. The summed E-state index contributed by atoms with van der Waals surface area (Å²) < 4.78 is 1.23. The molecular weight excluding hydrogens is 298 g/mol. The van der Waals surface area contributed by atoms with Gasteiger partial charge in [-0.2, -0.15) is 0 Å². The lowest BCUT2D eigenvalue weighted by Crippen LogP contribution is -2.17. The maximum Gasteiger partial charge on any atom is 0.243 e. The van der Waals surface area contributed by atoms with Crippen molar-refractivity contribution in [3.8, 4) is 0 Å². The maximum atomic E-state index is 12.0. The van der Waals surface area contributed by atoms with Crippen LogP contribution in [0.4, 0.5) is 0 Å². The summed E-state index contributed by atoms with van der Waals surface area (Å²) in [5.74, 6) is -0.0722. The van der Waals surface area contributed by atoms with Gasteiger partial charge in [0.1, 0.15) is 5.78 Å². The van der Waals surface area contributed by atoms with E-state index in [4.69, 9.17) is 5.21 Å². The SMILES string of the molecule is O=C(CCCCCCC(=O)NO)Cc1csc2ccccc12. The van der Waals surface area contributed by atoms with E-state index in [0.717, 1.165) is 31.2 Å². The molecule has 0 spiro atoms. The van der Waals surface area contributed by atoms with Crippen molar-refractivity contribution in [1.29, 1.82) is 0 Å². The summed E-state index contributed by atoms with van der Waals surface area (Å²) in [5, 5.41) is 11.6. The monoisotopic (exact) mass is 319 g/mol. The van der Waals surface area contributed by atoms with E-state index < -0.39 is 0 Å². The van der Waals surface area contributed by atoms with Gasteiger partial charge in [0, 0.05) is 24.0 Å². The number of carbonyl (C=O) groups is 2. The van der Waals surface area contributed by atoms with E-state index in [1.54, 1.807) is 16.8 Å². The number of ketones is 1. The summed E-state index contributed by atoms with van der Waals surface area (Å²) in [6.07, 6.45) is 4.90. The topological polar surface area (TPSA) is 66.4 Å². The second-order valence-corrected chi connectivity index (χ2v) is 6.33. The van der Waals surface area contributed by atoms with Gasteiger partial charge in [0.05, 0.1) is 0 Å². The lowest BCUT2D eigenvalue weighted by molar-refractivity contribution is -0.129. The van der Waals surface area contributed by atoms with Gasteiger partial charge in [0.15, 0.2) is 0 Å². The molecule has 22 heavy (non-hydrogen) atoms. The fourth-order valence-corrected chi connectivity index (χ4v) is 3.45. The molecule has 2 rings (SSSR count). The first-order valence-corrected chi connectivity index (χ1v) is 8.48. The molecule has 0 atom stereocenters. The Hall–Kier alpha value is -1.72. The molecule has 0 saturated carbocycles. The van der Waals surface area contributed by atoms with Crippen LogP contribution in [0, 0.1) is 0 Å². The van der Waals surface area contributed by atoms with E-state index in [9.17, 15) is 9.59 Å². The number of hydroxylamine groups is 1. The number of carbonyl (C=O) groups excluding carboxylic acids is 2. The molecule has 0 aliphatic carbocycles. The maximum absolute atomic E-state index is 12.0. The normalized spacial score (nSPS) is 10.8. The van der Waals surface area contributed by atoms with Gasteiger partial charge in [-0.05, 0) is 35.2 Å². The van der Waals surface area contributed by atoms with Crippen LogP contribution in [0.25, 0.3) is 10.1 Å². The number of thiophene rings is 1. The highest BCUT2D eigenvalue weighted by atomic mass is 32.1. The molecule has 4 nitrogen and oxygen atoms in total. The van der Waals surface area contributed by atoms with E-state index in [1.165, 1.54) is 10.1 Å². The minimum atomic E-state index is -0.347. The van der Waals surface area contributed by atoms with E-state index in [-0.39, 0.29) is 11.7 Å². The van der Waals surface area contributed by atoms with Crippen LogP contribution in [0.1, 0.15) is 44.1 Å². The Labute approximate surface area is 134 Å². The number of hydrogen-bond acceptors (Lipinski definition) is 4. The van der Waals surface area contributed by atoms with Crippen molar-refractivity contribution in [3.05, 3.63) is 35.2 Å². The van der Waals surface area contributed by atoms with Crippen molar-refractivity contribution < 1.29 is 14.8 Å². The van der Waals surface area contributed by atoms with E-state index in [1.807, 2.05) is 12.1 Å². The molecule has 0 aliphatic heterocycles. The summed E-state index contributed by atoms with van der Waals surface area (Å²) in [6.45, 7) is 0. The van der Waals surface area contributed by atoms with Crippen molar-refractivity contribution in [2.75, 3.05) is 0 Å². The molecule has 1 aromatic heterocycles. The molecule has 2 aromatic rings. The van der Waals surface area contributed by atoms with Crippen LogP contribution in [0.2, 0.25) is 0 Å². The van der Waals surface area contributed by atoms with Crippen LogP contribution < -0.4 is 5.48 Å². The Balaban J connectivity index is 1.67. The molecule has 1 aromatic carbocycles. The second kappa shape index (κ2) is 8.66. The van der Waals surface area contributed by atoms with Gasteiger partial charge in [0.25, 0.3) is 0 Å². The largest absolute Gasteiger partial charge is 0.299 e. The molecule has 0 aliphatic rings. The van der Waals surface area contributed by atoms with Crippen LogP contribution in [-0.4, -0.2) is 16.9 Å². The first-order valence-electron chi connectivity index (χ1n) is 7.60. The smallest absolute Gasteiger partial charge is 0.243 e. The van der Waals surface area contributed by atoms with Gasteiger partial charge < -0.3 is 0 Å². The third kappa shape index (κ3) is 4.93. The van der Waals surface area contributed by atoms with Gasteiger partial charge in [0.2, 0.25) is 5.91 Å². The zero-order valence-corrected chi connectivity index (χ0v) is 13.3. The Morgan fingerprint density at radius 3 is 2.55 bits per heavy atom. The summed E-state index contributed by atoms with van der Waals surface area (Å²) in [5.41, 5.74) is 2.75. The standard InChI is InChI=1S/C17H21NO3S/c19-14(7-3-1-2-4-10-17(20)18-21)11-13-12-22-16-9-6-5-8-15(13)16/h5-6,8-9,12,21H,1-4,7,10-11H2,(H,18,20). The predicted octanol–water partition coefficient (Wildman–Crippen LogP) is 3.86. The van der Waals surface area contributed by atoms with E-state index >= 15 is 0 Å². The predicted molar refractivity (Wildman–Crippen MR) is 88.2 cm³/mol. The third-order valence-electron chi connectivity index (χ3n) is 3.68. The highest BCUT2D eigenvalue weighted by Crippen LogP contribution is 2.26. The summed E-state index contributed by atoms with van der Waals surface area (Å²) >= 11 is 1.69. The zero-order chi connectivity index (χ0) is 15.8. The Morgan fingerprint density at radius 2 is 1.77 bits per heavy atom. The van der Waals surface area contributed by atoms with Gasteiger partial charge in [-0.25, -0.2) is 5.48 Å². The summed E-state index contributed by atoms with van der Waals surface area (Å²) in [4.78, 5) is 22.9. The van der Waals surface area contributed by atoms with Crippen LogP contribution in [0.3, 0.4) is 0 Å². The number of rotatable bonds is 9. The average Bonchev–Trinajstić information content (AvgIpc) is 2.93. The first-order chi connectivity index (χ1) is 10.7. The van der Waals surface area contributed by atoms with E-state index in [0.29, 0.717) is 19.3 Å². The highest BCUT2D eigenvalue weighted by Gasteiger charge is 2.08. The summed E-state index contributed by atoms with van der Waals surface area (Å²) in [6, 6.07) is 8.17. The summed E-state index contributed by atoms with van der Waals surface area (Å²) in [7, 11) is 0. The Bertz CT molecular complexity index is 636. The number of unbranched alkanes of at least 4 members (excludes halogenated alkanes) is 3. The molecule has 0 fully saturated rings. The lowest BCUT2D eigenvalue weighted by atomic mass is 10.0. The fraction of sp³-hybridized carbons (Fsp3) is 0.412. The molecule has 0 unspecified atom stereocenters. The average molecular weight is 319 g/mol. The van der Waals surface area contributed by atoms with Gasteiger partial charge in [-0.1, -0.05) is 31.0 Å². The van der Waals surface area contributed by atoms with Gasteiger partial charge >= 0.3 is 0 Å². The van der Waals surface area contributed by atoms with Crippen molar-refractivity contribution >= 4 is 33.1 Å². The van der Waals surface area contributed by atoms with Crippen molar-refractivity contribution in [2.24, 2.45) is 0 Å². The molecule has 1 amide bonds. The quantitative estimate of drug-likeness (QED) is 0.419. The zero-order valence-electron chi connectivity index (χ0n) is 12.5. The molecule has 0 saturated heterocycles. The number of amides is 1. The number of Topliss-reactive ketones (excluding diaryl/α,β-unsaturated/α-hetero) is 1. The van der Waals surface area contributed by atoms with Gasteiger partial charge in [-0.3, -0.25) is 14.8 Å². The number of benzene rings is 1. The molecule has 0 radical (unpaired) electrons. The minimum Gasteiger partial charge on any atom is -0.299 e. The molecule has 5 heteroatoms. The Kier molecular flexibility index (Phi) is 6.55. The van der Waals surface area contributed by atoms with E-state index in [2.05, 4.69) is 17.5 Å². The Morgan fingerprint density at radius 1 is 1.05 bits per heavy atom. The van der Waals surface area contributed by atoms with Crippen LogP contribution >= 0.6 is 11.3 Å². The van der Waals surface area contributed by atoms with Crippen molar-refractivity contribution in [3.63, 3.8) is 0 Å². The molecule has 1 heterocycles. The van der Waals surface area contributed by atoms with Crippen LogP contribution in [0.5, 0.6) is 0 Å². The first kappa shape index (κ1) is 16.6. The minimum absolute atomic E-state index is 0.275. The van der Waals surface area contributed by atoms with Crippen molar-refractivity contribution in [1.82, 2.24) is 5.48 Å². The van der Waals surface area contributed by atoms with Crippen LogP contribution in [0.15, 0.2) is 29.6 Å². The lowest BCUT2D eigenvalue weighted by Gasteiger charge is -2.02. The molecule has 0 bridgehead atoms. The fourth-order valence-electron chi connectivity index (χ4n) is 2.49.